The fraction of sp³-hybridized carbons (Fsp3) is 0.318. The summed E-state index contributed by atoms with van der Waals surface area (Å²) in [5, 5.41) is 17.9. The smallest absolute Gasteiger partial charge is 0.231 e. The fourth-order valence-electron chi connectivity index (χ4n) is 3.74. The van der Waals surface area contributed by atoms with Crippen LogP contribution in [0.5, 0.6) is 0 Å². The number of aliphatic hydroxyl groups excluding tert-OH is 1. The van der Waals surface area contributed by atoms with Gasteiger partial charge in [-0.2, -0.15) is 5.10 Å². The van der Waals surface area contributed by atoms with Crippen molar-refractivity contribution in [2.24, 2.45) is 5.92 Å². The quantitative estimate of drug-likeness (QED) is 0.513. The summed E-state index contributed by atoms with van der Waals surface area (Å²) in [5.74, 6) is -0.602. The van der Waals surface area contributed by atoms with Gasteiger partial charge in [-0.05, 0) is 37.5 Å². The number of anilines is 1. The predicted octanol–water partition coefficient (Wildman–Crippen LogP) is 3.39. The van der Waals surface area contributed by atoms with Gasteiger partial charge in [-0.25, -0.2) is 18.9 Å². The van der Waals surface area contributed by atoms with E-state index in [9.17, 15) is 14.3 Å². The van der Waals surface area contributed by atoms with Gasteiger partial charge < -0.3 is 10.4 Å². The van der Waals surface area contributed by atoms with Gasteiger partial charge in [-0.15, -0.1) is 0 Å². The van der Waals surface area contributed by atoms with Crippen molar-refractivity contribution >= 4 is 28.3 Å². The van der Waals surface area contributed by atoms with E-state index in [-0.39, 0.29) is 12.3 Å². The fourth-order valence-corrected chi connectivity index (χ4v) is 3.74. The molecule has 4 aromatic heterocycles. The molecule has 8 nitrogen and oxygen atoms in total. The lowest BCUT2D eigenvalue weighted by Gasteiger charge is -2.13. The van der Waals surface area contributed by atoms with E-state index >= 15 is 0 Å². The molecular weight excluding hydrogens is 399 g/mol. The second-order valence-electron chi connectivity index (χ2n) is 7.88. The van der Waals surface area contributed by atoms with Crippen molar-refractivity contribution in [2.75, 3.05) is 5.32 Å². The third-order valence-corrected chi connectivity index (χ3v) is 5.68. The van der Waals surface area contributed by atoms with Gasteiger partial charge in [-0.1, -0.05) is 6.92 Å². The molecule has 158 valence electrons. The number of nitrogens with zero attached hydrogens (tertiary/aromatic N) is 5. The van der Waals surface area contributed by atoms with Crippen LogP contribution in [-0.4, -0.2) is 41.8 Å². The summed E-state index contributed by atoms with van der Waals surface area (Å²) in [6, 6.07) is 5.55. The average Bonchev–Trinajstić information content (AvgIpc) is 3.30. The first-order valence-corrected chi connectivity index (χ1v) is 10.2. The normalized spacial score (nSPS) is 19.0. The van der Waals surface area contributed by atoms with Crippen molar-refractivity contribution in [2.45, 2.75) is 39.0 Å². The molecule has 4 aromatic rings. The summed E-state index contributed by atoms with van der Waals surface area (Å²) < 4.78 is 14.8. The number of carbonyl (C=O) groups excluding carboxylic acids is 1. The number of alkyl halides is 1. The Labute approximate surface area is 177 Å². The molecule has 0 bridgehead atoms. The summed E-state index contributed by atoms with van der Waals surface area (Å²) >= 11 is 0. The van der Waals surface area contributed by atoms with Gasteiger partial charge in [0.05, 0.1) is 23.2 Å². The van der Waals surface area contributed by atoms with E-state index in [0.717, 1.165) is 27.6 Å². The molecule has 1 fully saturated rings. The Morgan fingerprint density at radius 1 is 1.26 bits per heavy atom. The number of aryl methyl sites for hydroxylation is 1. The van der Waals surface area contributed by atoms with E-state index in [1.807, 2.05) is 26.0 Å². The zero-order valence-corrected chi connectivity index (χ0v) is 17.1. The monoisotopic (exact) mass is 420 g/mol. The van der Waals surface area contributed by atoms with E-state index in [1.54, 1.807) is 23.0 Å². The van der Waals surface area contributed by atoms with Gasteiger partial charge in [0, 0.05) is 35.0 Å². The molecule has 0 aromatic carbocycles. The van der Waals surface area contributed by atoms with Crippen LogP contribution in [0.3, 0.4) is 0 Å². The molecule has 9 heteroatoms. The van der Waals surface area contributed by atoms with Crippen LogP contribution in [0.4, 0.5) is 10.2 Å². The maximum absolute atomic E-state index is 13.2. The molecule has 0 radical (unpaired) electrons. The largest absolute Gasteiger partial charge is 0.387 e. The van der Waals surface area contributed by atoms with Crippen molar-refractivity contribution in [3.8, 4) is 11.1 Å². The van der Waals surface area contributed by atoms with Crippen molar-refractivity contribution < 1.29 is 14.3 Å². The Kier molecular flexibility index (Phi) is 4.62. The lowest BCUT2D eigenvalue weighted by atomic mass is 10.0. The van der Waals surface area contributed by atoms with Crippen LogP contribution in [0.25, 0.3) is 27.7 Å². The highest BCUT2D eigenvalue weighted by Crippen LogP contribution is 2.35. The second kappa shape index (κ2) is 7.35. The minimum absolute atomic E-state index is 0.261. The van der Waals surface area contributed by atoms with Gasteiger partial charge >= 0.3 is 0 Å². The average molecular weight is 420 g/mol. The summed E-state index contributed by atoms with van der Waals surface area (Å²) in [6.07, 6.45) is 4.04. The maximum Gasteiger partial charge on any atom is 0.231 e. The van der Waals surface area contributed by atoms with E-state index in [1.165, 1.54) is 6.33 Å². The third kappa shape index (κ3) is 3.40. The first-order chi connectivity index (χ1) is 15.0. The van der Waals surface area contributed by atoms with Gasteiger partial charge in [0.2, 0.25) is 5.91 Å². The van der Waals surface area contributed by atoms with Crippen LogP contribution in [0, 0.1) is 12.8 Å². The minimum atomic E-state index is -1.06. The number of aromatic nitrogens is 5. The first-order valence-electron chi connectivity index (χ1n) is 10.2. The highest BCUT2D eigenvalue weighted by molar-refractivity contribution is 5.97. The number of carbonyl (C=O) groups is 1. The Bertz CT molecular complexity index is 1320. The molecule has 1 saturated carbocycles. The van der Waals surface area contributed by atoms with E-state index in [2.05, 4.69) is 25.4 Å². The Morgan fingerprint density at radius 2 is 2.06 bits per heavy atom. The van der Waals surface area contributed by atoms with Crippen LogP contribution < -0.4 is 5.32 Å². The minimum Gasteiger partial charge on any atom is -0.387 e. The molecule has 0 saturated heterocycles. The molecule has 1 amide bonds. The number of hydrogen-bond acceptors (Lipinski definition) is 6. The molecule has 4 heterocycles. The molecule has 3 atom stereocenters. The molecule has 1 aliphatic carbocycles. The molecule has 0 aliphatic heterocycles. The van der Waals surface area contributed by atoms with Gasteiger partial charge in [0.15, 0.2) is 5.65 Å². The Balaban J connectivity index is 1.58. The van der Waals surface area contributed by atoms with Crippen LogP contribution in [0.1, 0.15) is 37.1 Å². The molecule has 2 N–H and O–H groups in total. The predicted molar refractivity (Wildman–Crippen MR) is 113 cm³/mol. The van der Waals surface area contributed by atoms with Gasteiger partial charge in [-0.3, -0.25) is 9.78 Å². The Hall–Kier alpha value is -3.46. The molecule has 0 spiro atoms. The molecule has 31 heavy (non-hydrogen) atoms. The van der Waals surface area contributed by atoms with E-state index in [4.69, 9.17) is 0 Å². The zero-order chi connectivity index (χ0) is 21.7. The molecular formula is C22H21FN6O2. The number of halogens is 1. The number of aliphatic hydroxyl groups is 1. The zero-order valence-electron chi connectivity index (χ0n) is 17.1. The van der Waals surface area contributed by atoms with Crippen LogP contribution >= 0.6 is 0 Å². The van der Waals surface area contributed by atoms with E-state index in [0.29, 0.717) is 23.6 Å². The molecule has 1 unspecified atom stereocenters. The van der Waals surface area contributed by atoms with Crippen molar-refractivity contribution in [1.29, 1.82) is 0 Å². The highest BCUT2D eigenvalue weighted by Gasteiger charge is 2.43. The number of nitrogens with one attached hydrogen (secondary N) is 1. The van der Waals surface area contributed by atoms with Crippen molar-refractivity contribution in [3.05, 3.63) is 48.2 Å². The number of hydrogen-bond donors (Lipinski definition) is 2. The maximum atomic E-state index is 13.2. The topological polar surface area (TPSA) is 105 Å². The summed E-state index contributed by atoms with van der Waals surface area (Å²) in [4.78, 5) is 25.2. The van der Waals surface area contributed by atoms with Crippen LogP contribution in [-0.2, 0) is 4.79 Å². The second-order valence-corrected chi connectivity index (χ2v) is 7.88. The summed E-state index contributed by atoms with van der Waals surface area (Å²) in [5.41, 5.74) is 4.67. The molecule has 5 rings (SSSR count). The van der Waals surface area contributed by atoms with Gasteiger partial charge in [0.1, 0.15) is 18.3 Å². The summed E-state index contributed by atoms with van der Waals surface area (Å²) in [6.45, 7) is 3.87. The Morgan fingerprint density at radius 3 is 2.77 bits per heavy atom. The van der Waals surface area contributed by atoms with E-state index < -0.39 is 18.2 Å². The molecule has 1 aliphatic rings. The SMILES string of the molecule is CCC(O)c1cc(C)c(-c2cc3cnc(NC(=O)[C@@H]4C[C@@H]4F)cc3n3ncnc23)cn1. The standard InChI is InChI=1S/C22H21FN6O2/c1-3-19(30)17-4-11(2)15(9-24-17)13-5-12-8-25-20(28-22(31)14-6-16(14)23)7-18(12)29-21(13)26-10-27-29/h4-5,7-10,14,16,19,30H,3,6H2,1-2H3,(H,25,28,31)/t14-,16+,19?/m1/s1. The highest BCUT2D eigenvalue weighted by atomic mass is 19.1. The lowest BCUT2D eigenvalue weighted by molar-refractivity contribution is -0.117. The van der Waals surface area contributed by atoms with Crippen LogP contribution in [0.15, 0.2) is 36.9 Å². The number of pyridine rings is 3. The summed E-state index contributed by atoms with van der Waals surface area (Å²) in [7, 11) is 0. The number of rotatable bonds is 5. The van der Waals surface area contributed by atoms with Crippen molar-refractivity contribution in [1.82, 2.24) is 24.6 Å². The lowest BCUT2D eigenvalue weighted by Crippen LogP contribution is -2.16. The van der Waals surface area contributed by atoms with Crippen LogP contribution in [0.2, 0.25) is 0 Å². The number of fused-ring (bicyclic) bond motifs is 3. The third-order valence-electron chi connectivity index (χ3n) is 5.68. The first kappa shape index (κ1) is 19.5. The number of amides is 1. The van der Waals surface area contributed by atoms with Gasteiger partial charge in [0.25, 0.3) is 0 Å². The van der Waals surface area contributed by atoms with Crippen molar-refractivity contribution in [3.63, 3.8) is 0 Å².